The number of aliphatic hydroxyl groups excluding tert-OH is 1. The molecular weight excluding hydrogens is 218 g/mol. The molecule has 0 aromatic heterocycles. The first-order valence-corrected chi connectivity index (χ1v) is 6.79. The quantitative estimate of drug-likeness (QED) is 0.843. The van der Waals surface area contributed by atoms with Crippen molar-refractivity contribution < 1.29 is 5.11 Å². The minimum Gasteiger partial charge on any atom is -0.395 e. The van der Waals surface area contributed by atoms with E-state index in [2.05, 4.69) is 43.4 Å². The van der Waals surface area contributed by atoms with E-state index in [1.54, 1.807) is 0 Å². The highest BCUT2D eigenvalue weighted by atomic mass is 32.2. The zero-order chi connectivity index (χ0) is 11.5. The van der Waals surface area contributed by atoms with Gasteiger partial charge in [0.1, 0.15) is 0 Å². The third-order valence-corrected chi connectivity index (χ3v) is 4.30. The summed E-state index contributed by atoms with van der Waals surface area (Å²) in [7, 11) is 0. The number of hydrogen-bond acceptors (Lipinski definition) is 3. The summed E-state index contributed by atoms with van der Waals surface area (Å²) in [6, 6.07) is 9.10. The Morgan fingerprint density at radius 1 is 1.44 bits per heavy atom. The molecule has 1 heterocycles. The molecule has 2 N–H and O–H groups in total. The number of benzene rings is 1. The Bertz CT molecular complexity index is 354. The van der Waals surface area contributed by atoms with E-state index in [9.17, 15) is 5.11 Å². The normalized spacial score (nSPS) is 21.1. The molecule has 0 radical (unpaired) electrons. The van der Waals surface area contributed by atoms with Crippen LogP contribution in [0.4, 0.5) is 0 Å². The number of fused-ring (bicyclic) bond motifs is 1. The zero-order valence-corrected chi connectivity index (χ0v) is 10.6. The van der Waals surface area contributed by atoms with E-state index in [0.29, 0.717) is 12.0 Å². The predicted octanol–water partition coefficient (Wildman–Crippen LogP) is 2.44. The Morgan fingerprint density at radius 2 is 2.19 bits per heavy atom. The lowest BCUT2D eigenvalue weighted by Crippen LogP contribution is -2.39. The highest BCUT2D eigenvalue weighted by Crippen LogP contribution is 2.38. The molecular formula is C13H19NOS. The van der Waals surface area contributed by atoms with Gasteiger partial charge in [-0.25, -0.2) is 0 Å². The monoisotopic (exact) mass is 237 g/mol. The van der Waals surface area contributed by atoms with Gasteiger partial charge in [-0.2, -0.15) is 0 Å². The summed E-state index contributed by atoms with van der Waals surface area (Å²) in [5, 5.41) is 12.9. The van der Waals surface area contributed by atoms with Gasteiger partial charge >= 0.3 is 0 Å². The summed E-state index contributed by atoms with van der Waals surface area (Å²) in [6.07, 6.45) is 0. The van der Waals surface area contributed by atoms with E-state index in [0.717, 1.165) is 5.75 Å². The van der Waals surface area contributed by atoms with Crippen molar-refractivity contribution in [3.05, 3.63) is 29.8 Å². The summed E-state index contributed by atoms with van der Waals surface area (Å²) >= 11 is 1.90. The molecule has 1 aliphatic heterocycles. The van der Waals surface area contributed by atoms with Crippen LogP contribution in [0.1, 0.15) is 25.5 Å². The maximum atomic E-state index is 9.34. The molecule has 0 saturated carbocycles. The van der Waals surface area contributed by atoms with E-state index in [1.165, 1.54) is 10.5 Å². The summed E-state index contributed by atoms with van der Waals surface area (Å²) in [5.74, 6) is 1.53. The smallest absolute Gasteiger partial charge is 0.0587 e. The molecule has 0 bridgehead atoms. The van der Waals surface area contributed by atoms with Crippen LogP contribution in [0.15, 0.2) is 29.2 Å². The van der Waals surface area contributed by atoms with Crippen molar-refractivity contribution in [2.24, 2.45) is 5.92 Å². The molecule has 2 nitrogen and oxygen atoms in total. The summed E-state index contributed by atoms with van der Waals surface area (Å²) in [4.78, 5) is 1.38. The molecule has 2 atom stereocenters. The van der Waals surface area contributed by atoms with Gasteiger partial charge in [0.2, 0.25) is 0 Å². The van der Waals surface area contributed by atoms with Crippen LogP contribution in [-0.2, 0) is 0 Å². The molecule has 0 amide bonds. The van der Waals surface area contributed by atoms with Gasteiger partial charge < -0.3 is 10.4 Å². The van der Waals surface area contributed by atoms with Crippen LogP contribution < -0.4 is 5.32 Å². The van der Waals surface area contributed by atoms with Gasteiger partial charge in [-0.05, 0) is 17.5 Å². The van der Waals surface area contributed by atoms with Gasteiger partial charge in [-0.1, -0.05) is 32.0 Å². The number of rotatable bonds is 4. The van der Waals surface area contributed by atoms with Gasteiger partial charge in [-0.3, -0.25) is 0 Å². The fourth-order valence-corrected chi connectivity index (χ4v) is 3.19. The van der Waals surface area contributed by atoms with E-state index in [-0.39, 0.29) is 12.6 Å². The number of nitrogens with one attached hydrogen (secondary N) is 1. The topological polar surface area (TPSA) is 32.3 Å². The summed E-state index contributed by atoms with van der Waals surface area (Å²) < 4.78 is 0. The standard InChI is InChI=1S/C13H19NOS/c1-9(2)11(7-15)14-12-8-16-13-6-4-3-5-10(12)13/h3-6,9,11-12,14-15H,7-8H2,1-2H3. The van der Waals surface area contributed by atoms with Crippen LogP contribution in [0.25, 0.3) is 0 Å². The van der Waals surface area contributed by atoms with Crippen molar-refractivity contribution in [1.82, 2.24) is 5.32 Å². The molecule has 2 unspecified atom stereocenters. The third kappa shape index (κ3) is 2.42. The fraction of sp³-hybridized carbons (Fsp3) is 0.538. The second kappa shape index (κ2) is 5.21. The minimum atomic E-state index is 0.191. The molecule has 1 aromatic rings. The lowest BCUT2D eigenvalue weighted by molar-refractivity contribution is 0.202. The van der Waals surface area contributed by atoms with Gasteiger partial charge in [-0.15, -0.1) is 11.8 Å². The molecule has 3 heteroatoms. The average Bonchev–Trinajstić information content (AvgIpc) is 2.69. The van der Waals surface area contributed by atoms with Crippen molar-refractivity contribution in [2.75, 3.05) is 12.4 Å². The first-order valence-electron chi connectivity index (χ1n) is 5.81. The van der Waals surface area contributed by atoms with E-state index >= 15 is 0 Å². The van der Waals surface area contributed by atoms with Crippen molar-refractivity contribution in [1.29, 1.82) is 0 Å². The number of hydrogen-bond donors (Lipinski definition) is 2. The van der Waals surface area contributed by atoms with Crippen LogP contribution in [0, 0.1) is 5.92 Å². The van der Waals surface area contributed by atoms with E-state index in [4.69, 9.17) is 0 Å². The van der Waals surface area contributed by atoms with Crippen LogP contribution in [-0.4, -0.2) is 23.5 Å². The maximum Gasteiger partial charge on any atom is 0.0587 e. The molecule has 2 rings (SSSR count). The van der Waals surface area contributed by atoms with Gasteiger partial charge in [0.15, 0.2) is 0 Å². The molecule has 16 heavy (non-hydrogen) atoms. The second-order valence-corrected chi connectivity index (χ2v) is 5.66. The molecule has 0 fully saturated rings. The Labute approximate surface area is 101 Å². The highest BCUT2D eigenvalue weighted by Gasteiger charge is 2.25. The van der Waals surface area contributed by atoms with Gasteiger partial charge in [0.25, 0.3) is 0 Å². The van der Waals surface area contributed by atoms with Crippen molar-refractivity contribution in [3.63, 3.8) is 0 Å². The molecule has 0 aliphatic carbocycles. The van der Waals surface area contributed by atoms with Crippen LogP contribution in [0.3, 0.4) is 0 Å². The average molecular weight is 237 g/mol. The third-order valence-electron chi connectivity index (χ3n) is 3.12. The Kier molecular flexibility index (Phi) is 3.90. The van der Waals surface area contributed by atoms with Gasteiger partial charge in [0, 0.05) is 22.7 Å². The first kappa shape index (κ1) is 12.0. The number of aliphatic hydroxyl groups is 1. The highest BCUT2D eigenvalue weighted by molar-refractivity contribution is 7.99. The van der Waals surface area contributed by atoms with Gasteiger partial charge in [0.05, 0.1) is 6.61 Å². The predicted molar refractivity (Wildman–Crippen MR) is 68.8 cm³/mol. The zero-order valence-electron chi connectivity index (χ0n) is 9.81. The fourth-order valence-electron chi connectivity index (χ4n) is 2.02. The molecule has 88 valence electrons. The Hall–Kier alpha value is -0.510. The van der Waals surface area contributed by atoms with E-state index in [1.807, 2.05) is 11.8 Å². The van der Waals surface area contributed by atoms with Crippen LogP contribution in [0.5, 0.6) is 0 Å². The Balaban J connectivity index is 2.08. The summed E-state index contributed by atoms with van der Waals surface area (Å²) in [5.41, 5.74) is 1.38. The lowest BCUT2D eigenvalue weighted by Gasteiger charge is -2.24. The van der Waals surface area contributed by atoms with Crippen LogP contribution >= 0.6 is 11.8 Å². The molecule has 1 aromatic carbocycles. The molecule has 0 saturated heterocycles. The molecule has 0 spiro atoms. The maximum absolute atomic E-state index is 9.34. The first-order chi connectivity index (χ1) is 7.72. The van der Waals surface area contributed by atoms with Crippen molar-refractivity contribution >= 4 is 11.8 Å². The van der Waals surface area contributed by atoms with E-state index < -0.39 is 0 Å². The number of thioether (sulfide) groups is 1. The van der Waals surface area contributed by atoms with Crippen LogP contribution in [0.2, 0.25) is 0 Å². The van der Waals surface area contributed by atoms with Crippen molar-refractivity contribution in [3.8, 4) is 0 Å². The van der Waals surface area contributed by atoms with Crippen molar-refractivity contribution in [2.45, 2.75) is 30.8 Å². The summed E-state index contributed by atoms with van der Waals surface area (Å²) in [6.45, 7) is 4.49. The SMILES string of the molecule is CC(C)C(CO)NC1CSc2ccccc21. The molecule has 1 aliphatic rings. The lowest BCUT2D eigenvalue weighted by atomic mass is 10.0. The Morgan fingerprint density at radius 3 is 2.88 bits per heavy atom. The minimum absolute atomic E-state index is 0.191. The largest absolute Gasteiger partial charge is 0.395 e. The second-order valence-electron chi connectivity index (χ2n) is 4.60.